The third-order valence-electron chi connectivity index (χ3n) is 7.45. The minimum absolute atomic E-state index is 0.0140. The van der Waals surface area contributed by atoms with Gasteiger partial charge < -0.3 is 26.0 Å². The highest BCUT2D eigenvalue weighted by Crippen LogP contribution is 2.49. The number of ketones is 3. The molecule has 196 valence electrons. The van der Waals surface area contributed by atoms with Crippen molar-refractivity contribution in [1.29, 1.82) is 0 Å². The summed E-state index contributed by atoms with van der Waals surface area (Å²) in [6.07, 6.45) is 0.997. The van der Waals surface area contributed by atoms with Crippen LogP contribution in [0.15, 0.2) is 30.5 Å². The second-order valence-electron chi connectivity index (χ2n) is 10.2. The number of benzene rings is 1. The molecule has 0 aliphatic heterocycles. The van der Waals surface area contributed by atoms with Crippen molar-refractivity contribution in [1.82, 2.24) is 9.88 Å². The average molecular weight is 510 g/mol. The number of carbonyl (C=O) groups excluding carboxylic acids is 4. The molecule has 1 amide bonds. The van der Waals surface area contributed by atoms with Gasteiger partial charge in [-0.15, -0.1) is 0 Å². The van der Waals surface area contributed by atoms with Crippen LogP contribution in [0.4, 0.5) is 0 Å². The number of rotatable bonds is 8. The summed E-state index contributed by atoms with van der Waals surface area (Å²) in [6, 6.07) is 7.17. The first-order valence-electron chi connectivity index (χ1n) is 12.2. The van der Waals surface area contributed by atoms with E-state index in [0.717, 1.165) is 0 Å². The Hall–Kier alpha value is -3.47. The monoisotopic (exact) mass is 509 g/mol. The predicted octanol–water partition coefficient (Wildman–Crippen LogP) is 0.634. The number of aromatic nitrogens is 1. The molecule has 2 aliphatic rings. The number of primary amides is 1. The number of amides is 1. The Morgan fingerprint density at radius 1 is 1.24 bits per heavy atom. The van der Waals surface area contributed by atoms with Crippen LogP contribution < -0.4 is 5.73 Å². The molecule has 1 fully saturated rings. The molecule has 37 heavy (non-hydrogen) atoms. The van der Waals surface area contributed by atoms with E-state index in [4.69, 9.17) is 5.73 Å². The van der Waals surface area contributed by atoms with Crippen LogP contribution in [-0.2, 0) is 27.3 Å². The number of aromatic hydroxyl groups is 1. The number of hydrogen-bond donors (Lipinski definition) is 4. The fraction of sp³-hybridized carbons (Fsp3) is 0.444. The molecule has 5 N–H and O–H groups in total. The fourth-order valence-corrected chi connectivity index (χ4v) is 5.87. The Kier molecular flexibility index (Phi) is 7.27. The van der Waals surface area contributed by atoms with E-state index in [1.807, 2.05) is 25.1 Å². The largest absolute Gasteiger partial charge is 0.507 e. The zero-order valence-electron chi connectivity index (χ0n) is 20.8. The van der Waals surface area contributed by atoms with E-state index in [0.29, 0.717) is 28.9 Å². The van der Waals surface area contributed by atoms with Crippen LogP contribution in [0.5, 0.6) is 5.75 Å². The fourth-order valence-electron chi connectivity index (χ4n) is 5.87. The summed E-state index contributed by atoms with van der Waals surface area (Å²) in [5, 5.41) is 32.2. The summed E-state index contributed by atoms with van der Waals surface area (Å²) in [5.74, 6) is -6.99. The normalized spacial score (nSPS) is 25.1. The maximum Gasteiger partial charge on any atom is 0.225 e. The summed E-state index contributed by atoms with van der Waals surface area (Å²) in [7, 11) is 3.63. The van der Waals surface area contributed by atoms with Crippen LogP contribution in [0.25, 0.3) is 11.3 Å². The number of pyridine rings is 1. The van der Waals surface area contributed by atoms with Crippen LogP contribution in [0.3, 0.4) is 0 Å². The molecule has 1 heterocycles. The van der Waals surface area contributed by atoms with Crippen LogP contribution >= 0.6 is 0 Å². The molecule has 0 bridgehead atoms. The molecule has 1 saturated carbocycles. The van der Waals surface area contributed by atoms with Gasteiger partial charge in [-0.2, -0.15) is 0 Å². The van der Waals surface area contributed by atoms with Gasteiger partial charge in [0.2, 0.25) is 5.91 Å². The molecular weight excluding hydrogens is 478 g/mol. The lowest BCUT2D eigenvalue weighted by molar-refractivity contribution is -0.167. The third kappa shape index (κ3) is 4.56. The van der Waals surface area contributed by atoms with Crippen molar-refractivity contribution >= 4 is 23.3 Å². The minimum Gasteiger partial charge on any atom is -0.507 e. The van der Waals surface area contributed by atoms with Crippen LogP contribution in [0.1, 0.15) is 40.7 Å². The number of Topliss-reactive ketones (excluding diaryl/α,β-unsaturated/α-hetero) is 3. The Morgan fingerprint density at radius 2 is 1.97 bits per heavy atom. The number of nitrogens with two attached hydrogens (primary N) is 1. The molecule has 1 aromatic carbocycles. The lowest BCUT2D eigenvalue weighted by atomic mass is 9.57. The van der Waals surface area contributed by atoms with Crippen molar-refractivity contribution < 1.29 is 34.5 Å². The molecule has 0 spiro atoms. The number of hydrogen-bond acceptors (Lipinski definition) is 9. The van der Waals surface area contributed by atoms with Gasteiger partial charge in [0.15, 0.2) is 23.0 Å². The number of phenolic OH excluding ortho intramolecular Hbond substituents is 1. The maximum atomic E-state index is 13.9. The number of fused-ring (bicyclic) bond motifs is 2. The van der Waals surface area contributed by atoms with Crippen LogP contribution in [0, 0.1) is 17.8 Å². The van der Waals surface area contributed by atoms with E-state index in [-0.39, 0.29) is 30.6 Å². The van der Waals surface area contributed by atoms with E-state index in [1.54, 1.807) is 24.4 Å². The summed E-state index contributed by atoms with van der Waals surface area (Å²) < 4.78 is 0. The quantitative estimate of drug-likeness (QED) is 0.373. The summed E-state index contributed by atoms with van der Waals surface area (Å²) >= 11 is 0. The van der Waals surface area contributed by atoms with Crippen molar-refractivity contribution in [2.24, 2.45) is 23.5 Å². The van der Waals surface area contributed by atoms with E-state index < -0.39 is 59.6 Å². The topological polar surface area (TPSA) is 171 Å². The van der Waals surface area contributed by atoms with Crippen molar-refractivity contribution in [2.45, 2.75) is 37.8 Å². The van der Waals surface area contributed by atoms with Gasteiger partial charge in [0, 0.05) is 36.4 Å². The minimum atomic E-state index is -2.63. The van der Waals surface area contributed by atoms with Gasteiger partial charge in [0.05, 0.1) is 23.6 Å². The van der Waals surface area contributed by atoms with Gasteiger partial charge in [-0.25, -0.2) is 0 Å². The highest BCUT2D eigenvalue weighted by atomic mass is 16.3. The number of aliphatic hydroxyl groups excluding tert-OH is 1. The number of phenols is 1. The first-order chi connectivity index (χ1) is 17.5. The highest BCUT2D eigenvalue weighted by molar-refractivity contribution is 6.24. The lowest BCUT2D eigenvalue weighted by Gasteiger charge is -2.46. The number of nitrogens with zero attached hydrogens (tertiary/aromatic N) is 2. The van der Waals surface area contributed by atoms with E-state index in [2.05, 4.69) is 4.98 Å². The van der Waals surface area contributed by atoms with Gasteiger partial charge in [-0.1, -0.05) is 6.07 Å². The molecular formula is C27H31N3O7. The molecule has 4 atom stereocenters. The van der Waals surface area contributed by atoms with Crippen LogP contribution in [-0.4, -0.2) is 74.8 Å². The number of carbonyl (C=O) groups is 4. The SMILES string of the molecule is CN(C)Cc1cc(-c2ccccn2)c2c(c1O)C(=O)C1C(=O)[C@](O)(C(=O)CC(N)=O)[C@H](CCO)C[C@@H]1C2. The number of aliphatic hydroxyl groups is 2. The van der Waals surface area contributed by atoms with Crippen molar-refractivity contribution in [3.63, 3.8) is 0 Å². The Labute approximate surface area is 214 Å². The zero-order valence-corrected chi connectivity index (χ0v) is 20.8. The van der Waals surface area contributed by atoms with Crippen molar-refractivity contribution in [2.75, 3.05) is 20.7 Å². The molecule has 10 heteroatoms. The Balaban J connectivity index is 1.89. The van der Waals surface area contributed by atoms with E-state index in [9.17, 15) is 34.5 Å². The van der Waals surface area contributed by atoms with E-state index >= 15 is 0 Å². The molecule has 1 unspecified atom stereocenters. The molecule has 10 nitrogen and oxygen atoms in total. The van der Waals surface area contributed by atoms with Crippen molar-refractivity contribution in [3.8, 4) is 17.0 Å². The first-order valence-corrected chi connectivity index (χ1v) is 12.2. The first kappa shape index (κ1) is 26.6. The maximum absolute atomic E-state index is 13.9. The van der Waals surface area contributed by atoms with Gasteiger partial charge in [0.25, 0.3) is 0 Å². The smallest absolute Gasteiger partial charge is 0.225 e. The average Bonchev–Trinajstić information content (AvgIpc) is 2.83. The van der Waals surface area contributed by atoms with Crippen LogP contribution in [0.2, 0.25) is 0 Å². The summed E-state index contributed by atoms with van der Waals surface area (Å²) in [6.45, 7) is -0.0895. The molecule has 0 radical (unpaired) electrons. The lowest BCUT2D eigenvalue weighted by Crippen LogP contribution is -2.63. The van der Waals surface area contributed by atoms with Gasteiger partial charge >= 0.3 is 0 Å². The summed E-state index contributed by atoms with van der Waals surface area (Å²) in [4.78, 5) is 58.2. The van der Waals surface area contributed by atoms with Gasteiger partial charge in [-0.3, -0.25) is 24.2 Å². The molecule has 4 rings (SSSR count). The van der Waals surface area contributed by atoms with Gasteiger partial charge in [0.1, 0.15) is 5.75 Å². The second kappa shape index (κ2) is 10.1. The molecule has 0 saturated heterocycles. The Morgan fingerprint density at radius 3 is 2.57 bits per heavy atom. The molecule has 2 aliphatic carbocycles. The zero-order chi connectivity index (χ0) is 27.1. The van der Waals surface area contributed by atoms with Gasteiger partial charge in [-0.05, 0) is 63.0 Å². The predicted molar refractivity (Wildman–Crippen MR) is 132 cm³/mol. The summed E-state index contributed by atoms with van der Waals surface area (Å²) in [5.41, 5.74) is 4.79. The molecule has 1 aromatic heterocycles. The van der Waals surface area contributed by atoms with E-state index in [1.165, 1.54) is 0 Å². The molecule has 2 aromatic rings. The second-order valence-corrected chi connectivity index (χ2v) is 10.2. The Bertz CT molecular complexity index is 1260. The third-order valence-corrected chi connectivity index (χ3v) is 7.45. The highest BCUT2D eigenvalue weighted by Gasteiger charge is 2.60. The standard InChI is InChI=1S/C27H31N3O7/c1-30(2)13-15-11-17(19-5-3-4-7-29-19)18-10-14-9-16(6-8-31)27(37,20(32)12-21(28)33)26(36)22(14)25(35)23(18)24(15)34/h3-5,7,11,14,16,22,31,34,37H,6,8-10,12-13H2,1-2H3,(H2,28,33)/t14-,16-,22?,27-/m1/s1. The van der Waals surface area contributed by atoms with Crippen molar-refractivity contribution in [3.05, 3.63) is 47.2 Å².